The van der Waals surface area contributed by atoms with Crippen molar-refractivity contribution in [3.05, 3.63) is 59.4 Å². The normalized spacial score (nSPS) is 11.4. The molecule has 2 aromatic carbocycles. The van der Waals surface area contributed by atoms with E-state index in [1.165, 1.54) is 32.3 Å². The molecular weight excluding hydrogens is 369 g/mol. The number of nitrogens with zero attached hydrogens (tertiary/aromatic N) is 2. The van der Waals surface area contributed by atoms with E-state index in [2.05, 4.69) is 5.32 Å². The van der Waals surface area contributed by atoms with Gasteiger partial charge in [0.05, 0.1) is 5.69 Å². The number of amides is 1. The number of nitrogens with one attached hydrogen (secondary N) is 1. The Morgan fingerprint density at radius 2 is 1.72 bits per heavy atom. The van der Waals surface area contributed by atoms with Gasteiger partial charge in [-0.1, -0.05) is 23.7 Å². The van der Waals surface area contributed by atoms with E-state index in [0.29, 0.717) is 15.0 Å². The van der Waals surface area contributed by atoms with Gasteiger partial charge in [-0.25, -0.2) is 8.70 Å². The Kier molecular flexibility index (Phi) is 5.99. The quantitative estimate of drug-likeness (QED) is 0.831. The lowest BCUT2D eigenvalue weighted by molar-refractivity contribution is -0.114. The highest BCUT2D eigenvalue weighted by Gasteiger charge is 2.29. The number of halogens is 2. The Balaban J connectivity index is 2.29. The molecule has 25 heavy (non-hydrogen) atoms. The van der Waals surface area contributed by atoms with Gasteiger partial charge in [-0.3, -0.25) is 4.79 Å². The average Bonchev–Trinajstić information content (AvgIpc) is 2.55. The molecular formula is C16H17ClFN3O3S. The van der Waals surface area contributed by atoms with Crippen molar-refractivity contribution in [2.24, 2.45) is 0 Å². The van der Waals surface area contributed by atoms with Gasteiger partial charge >= 0.3 is 10.2 Å². The number of hydrogen-bond donors (Lipinski definition) is 1. The first-order chi connectivity index (χ1) is 11.7. The van der Waals surface area contributed by atoms with Gasteiger partial charge in [-0.05, 0) is 36.4 Å². The first kappa shape index (κ1) is 19.2. The van der Waals surface area contributed by atoms with Crippen LogP contribution in [0.1, 0.15) is 0 Å². The van der Waals surface area contributed by atoms with Crippen molar-refractivity contribution in [2.75, 3.05) is 30.3 Å². The van der Waals surface area contributed by atoms with Crippen molar-refractivity contribution in [3.63, 3.8) is 0 Å². The first-order valence-electron chi connectivity index (χ1n) is 7.22. The second-order valence-corrected chi connectivity index (χ2v) is 7.81. The molecule has 2 rings (SSSR count). The SMILES string of the molecule is CN(C)S(=O)(=O)N(CC(=O)Nc1ccc(Cl)cc1)c1ccccc1F. The zero-order valence-electron chi connectivity index (χ0n) is 13.6. The second-order valence-electron chi connectivity index (χ2n) is 5.30. The fourth-order valence-corrected chi connectivity index (χ4v) is 3.20. The Bertz CT molecular complexity index is 857. The summed E-state index contributed by atoms with van der Waals surface area (Å²) in [4.78, 5) is 12.3. The minimum Gasteiger partial charge on any atom is -0.325 e. The van der Waals surface area contributed by atoms with Crippen LogP contribution in [-0.4, -0.2) is 39.3 Å². The third-order valence-electron chi connectivity index (χ3n) is 3.28. The van der Waals surface area contributed by atoms with Crippen LogP contribution >= 0.6 is 11.6 Å². The summed E-state index contributed by atoms with van der Waals surface area (Å²) in [6.45, 7) is -0.579. The third kappa shape index (κ3) is 4.68. The van der Waals surface area contributed by atoms with Crippen molar-refractivity contribution in [3.8, 4) is 0 Å². The maximum absolute atomic E-state index is 14.1. The average molecular weight is 386 g/mol. The summed E-state index contributed by atoms with van der Waals surface area (Å²) in [5.41, 5.74) is 0.243. The van der Waals surface area contributed by atoms with E-state index in [0.717, 1.165) is 10.4 Å². The standard InChI is InChI=1S/C16H17ClFN3O3S/c1-20(2)25(23,24)21(15-6-4-3-5-14(15)18)11-16(22)19-13-9-7-12(17)8-10-13/h3-10H,11H2,1-2H3,(H,19,22). The molecule has 0 saturated heterocycles. The highest BCUT2D eigenvalue weighted by atomic mass is 35.5. The fourth-order valence-electron chi connectivity index (χ4n) is 2.01. The smallest absolute Gasteiger partial charge is 0.304 e. The number of anilines is 2. The van der Waals surface area contributed by atoms with Crippen LogP contribution in [0.3, 0.4) is 0 Å². The van der Waals surface area contributed by atoms with Crippen molar-refractivity contribution >= 4 is 39.1 Å². The van der Waals surface area contributed by atoms with Gasteiger partial charge in [0.15, 0.2) is 0 Å². The molecule has 1 N–H and O–H groups in total. The molecule has 6 nitrogen and oxygen atoms in total. The number of hydrogen-bond acceptors (Lipinski definition) is 3. The van der Waals surface area contributed by atoms with Crippen LogP contribution in [0.4, 0.5) is 15.8 Å². The van der Waals surface area contributed by atoms with E-state index in [4.69, 9.17) is 11.6 Å². The summed E-state index contributed by atoms with van der Waals surface area (Å²) in [6, 6.07) is 11.7. The van der Waals surface area contributed by atoms with E-state index in [-0.39, 0.29) is 5.69 Å². The second kappa shape index (κ2) is 7.81. The predicted octanol–water partition coefficient (Wildman–Crippen LogP) is 2.73. The van der Waals surface area contributed by atoms with Gasteiger partial charge in [-0.15, -0.1) is 0 Å². The number of carbonyl (C=O) groups excluding carboxylic acids is 1. The van der Waals surface area contributed by atoms with Crippen LogP contribution in [0.25, 0.3) is 0 Å². The Morgan fingerprint density at radius 1 is 1.12 bits per heavy atom. The highest BCUT2D eigenvalue weighted by molar-refractivity contribution is 7.90. The molecule has 0 aliphatic rings. The minimum absolute atomic E-state index is 0.206. The first-order valence-corrected chi connectivity index (χ1v) is 8.99. The molecule has 134 valence electrons. The van der Waals surface area contributed by atoms with E-state index >= 15 is 0 Å². The van der Waals surface area contributed by atoms with Crippen molar-refractivity contribution in [1.29, 1.82) is 0 Å². The van der Waals surface area contributed by atoms with E-state index < -0.39 is 28.5 Å². The van der Waals surface area contributed by atoms with Crippen molar-refractivity contribution < 1.29 is 17.6 Å². The molecule has 0 spiro atoms. The van der Waals surface area contributed by atoms with Gasteiger partial charge in [0.1, 0.15) is 12.4 Å². The molecule has 0 saturated carbocycles. The van der Waals surface area contributed by atoms with Crippen LogP contribution in [0, 0.1) is 5.82 Å². The minimum atomic E-state index is -4.06. The van der Waals surface area contributed by atoms with E-state index in [1.807, 2.05) is 0 Å². The zero-order chi connectivity index (χ0) is 18.6. The largest absolute Gasteiger partial charge is 0.325 e. The lowest BCUT2D eigenvalue weighted by Gasteiger charge is -2.27. The summed E-state index contributed by atoms with van der Waals surface area (Å²) in [7, 11) is -1.45. The van der Waals surface area contributed by atoms with Crippen LogP contribution in [0.5, 0.6) is 0 Å². The maximum Gasteiger partial charge on any atom is 0.304 e. The molecule has 0 unspecified atom stereocenters. The van der Waals surface area contributed by atoms with Gasteiger partial charge in [0.2, 0.25) is 5.91 Å². The monoisotopic (exact) mass is 385 g/mol. The van der Waals surface area contributed by atoms with Crippen LogP contribution in [0.15, 0.2) is 48.5 Å². The zero-order valence-corrected chi connectivity index (χ0v) is 15.2. The predicted molar refractivity (Wildman–Crippen MR) is 96.4 cm³/mol. The maximum atomic E-state index is 14.1. The molecule has 2 aromatic rings. The molecule has 0 radical (unpaired) electrons. The molecule has 1 amide bonds. The van der Waals surface area contributed by atoms with Crippen LogP contribution < -0.4 is 9.62 Å². The fraction of sp³-hybridized carbons (Fsp3) is 0.188. The summed E-state index contributed by atoms with van der Waals surface area (Å²) >= 11 is 5.78. The Labute approximate surface area is 151 Å². The summed E-state index contributed by atoms with van der Waals surface area (Å²) in [5, 5.41) is 3.06. The van der Waals surface area contributed by atoms with Crippen molar-refractivity contribution in [2.45, 2.75) is 0 Å². The van der Waals surface area contributed by atoms with Gasteiger partial charge in [0, 0.05) is 24.8 Å². The molecule has 0 aliphatic heterocycles. The van der Waals surface area contributed by atoms with E-state index in [9.17, 15) is 17.6 Å². The molecule has 0 atom stereocenters. The lowest BCUT2D eigenvalue weighted by atomic mass is 10.3. The highest BCUT2D eigenvalue weighted by Crippen LogP contribution is 2.23. The molecule has 0 bridgehead atoms. The number of benzene rings is 2. The Morgan fingerprint density at radius 3 is 2.28 bits per heavy atom. The van der Waals surface area contributed by atoms with E-state index in [1.54, 1.807) is 24.3 Å². The molecule has 0 aliphatic carbocycles. The van der Waals surface area contributed by atoms with Crippen molar-refractivity contribution in [1.82, 2.24) is 4.31 Å². The number of rotatable bonds is 6. The topological polar surface area (TPSA) is 69.7 Å². The van der Waals surface area contributed by atoms with Gasteiger partial charge in [-0.2, -0.15) is 12.7 Å². The molecule has 0 aromatic heterocycles. The summed E-state index contributed by atoms with van der Waals surface area (Å²) in [6.07, 6.45) is 0. The van der Waals surface area contributed by atoms with Crippen LogP contribution in [-0.2, 0) is 15.0 Å². The number of carbonyl (C=O) groups is 1. The third-order valence-corrected chi connectivity index (χ3v) is 5.33. The van der Waals surface area contributed by atoms with Gasteiger partial charge in [0.25, 0.3) is 0 Å². The van der Waals surface area contributed by atoms with Gasteiger partial charge < -0.3 is 5.32 Å². The summed E-state index contributed by atoms with van der Waals surface area (Å²) < 4.78 is 40.7. The molecule has 9 heteroatoms. The van der Waals surface area contributed by atoms with Crippen LogP contribution in [0.2, 0.25) is 5.02 Å². The molecule has 0 heterocycles. The lowest BCUT2D eigenvalue weighted by Crippen LogP contribution is -2.44. The number of para-hydroxylation sites is 1. The Hall–Kier alpha value is -2.16. The summed E-state index contributed by atoms with van der Waals surface area (Å²) in [5.74, 6) is -1.36. The molecule has 0 fully saturated rings.